The summed E-state index contributed by atoms with van der Waals surface area (Å²) in [5, 5.41) is 7.72. The van der Waals surface area contributed by atoms with Gasteiger partial charge in [-0.25, -0.2) is 4.79 Å². The van der Waals surface area contributed by atoms with E-state index in [9.17, 15) is 19.2 Å². The van der Waals surface area contributed by atoms with E-state index in [1.807, 2.05) is 13.8 Å². The highest BCUT2D eigenvalue weighted by Crippen LogP contribution is 2.03. The van der Waals surface area contributed by atoms with Crippen molar-refractivity contribution in [3.05, 3.63) is 0 Å². The van der Waals surface area contributed by atoms with E-state index in [4.69, 9.17) is 0 Å². The van der Waals surface area contributed by atoms with Gasteiger partial charge in [0.15, 0.2) is 0 Å². The Balaban J connectivity index is 2.25. The molecule has 1 saturated heterocycles. The lowest BCUT2D eigenvalue weighted by Gasteiger charge is -2.29. The zero-order chi connectivity index (χ0) is 16.7. The van der Waals surface area contributed by atoms with Crippen LogP contribution in [0.5, 0.6) is 0 Å². The molecule has 22 heavy (non-hydrogen) atoms. The van der Waals surface area contributed by atoms with Crippen molar-refractivity contribution in [3.63, 3.8) is 0 Å². The molecule has 1 atom stereocenters. The van der Waals surface area contributed by atoms with Crippen LogP contribution in [-0.2, 0) is 14.4 Å². The van der Waals surface area contributed by atoms with Gasteiger partial charge in [-0.1, -0.05) is 13.8 Å². The Bertz CT molecular complexity index is 450. The van der Waals surface area contributed by atoms with E-state index >= 15 is 0 Å². The van der Waals surface area contributed by atoms with Gasteiger partial charge in [-0.05, 0) is 12.3 Å². The zero-order valence-electron chi connectivity index (χ0n) is 13.3. The van der Waals surface area contributed by atoms with Crippen LogP contribution in [0.3, 0.4) is 0 Å². The summed E-state index contributed by atoms with van der Waals surface area (Å²) in [5.41, 5.74) is 0. The lowest BCUT2D eigenvalue weighted by atomic mass is 10.1. The van der Waals surface area contributed by atoms with Crippen LogP contribution in [0.25, 0.3) is 0 Å². The van der Waals surface area contributed by atoms with Crippen LogP contribution < -0.4 is 16.0 Å². The maximum Gasteiger partial charge on any atom is 0.323 e. The zero-order valence-corrected chi connectivity index (χ0v) is 13.3. The van der Waals surface area contributed by atoms with E-state index < -0.39 is 18.0 Å². The molecular weight excluding hydrogens is 288 g/mol. The minimum atomic E-state index is -0.758. The van der Waals surface area contributed by atoms with Gasteiger partial charge in [0.2, 0.25) is 11.8 Å². The molecule has 0 unspecified atom stereocenters. The summed E-state index contributed by atoms with van der Waals surface area (Å²) in [7, 11) is 1.35. The Morgan fingerprint density at radius 3 is 2.59 bits per heavy atom. The summed E-state index contributed by atoms with van der Waals surface area (Å²) in [6, 6.07) is -1.24. The molecule has 1 aliphatic rings. The normalized spacial score (nSPS) is 18.2. The molecule has 0 saturated carbocycles. The predicted molar refractivity (Wildman–Crippen MR) is 79.8 cm³/mol. The minimum Gasteiger partial charge on any atom is -0.356 e. The molecule has 124 valence electrons. The summed E-state index contributed by atoms with van der Waals surface area (Å²) in [6.45, 7) is 4.38. The van der Waals surface area contributed by atoms with Gasteiger partial charge in [-0.3, -0.25) is 19.3 Å². The summed E-state index contributed by atoms with van der Waals surface area (Å²) in [5.74, 6) is -0.411. The third-order valence-electron chi connectivity index (χ3n) is 3.35. The summed E-state index contributed by atoms with van der Waals surface area (Å²) >= 11 is 0. The minimum absolute atomic E-state index is 0.0779. The Hall–Kier alpha value is -2.12. The topological polar surface area (TPSA) is 108 Å². The van der Waals surface area contributed by atoms with Crippen molar-refractivity contribution in [2.75, 3.05) is 20.1 Å². The van der Waals surface area contributed by atoms with Crippen LogP contribution in [0.2, 0.25) is 0 Å². The van der Waals surface area contributed by atoms with Crippen LogP contribution in [0, 0.1) is 5.92 Å². The number of rotatable bonds is 7. The number of amides is 5. The maximum absolute atomic E-state index is 11.8. The highest BCUT2D eigenvalue weighted by Gasteiger charge is 2.32. The molecule has 5 amide bonds. The molecule has 1 heterocycles. The molecule has 0 aromatic rings. The summed E-state index contributed by atoms with van der Waals surface area (Å²) in [4.78, 5) is 47.2. The largest absolute Gasteiger partial charge is 0.356 e. The number of likely N-dealkylation sites (N-methyl/N-ethyl adjacent to an activating group) is 1. The highest BCUT2D eigenvalue weighted by molar-refractivity contribution is 6.01. The number of carbonyl (C=O) groups is 4. The van der Waals surface area contributed by atoms with E-state index in [2.05, 4.69) is 16.0 Å². The second-order valence-electron chi connectivity index (χ2n) is 5.74. The number of urea groups is 1. The van der Waals surface area contributed by atoms with Gasteiger partial charge in [0.05, 0.1) is 0 Å². The molecule has 3 N–H and O–H groups in total. The molecular formula is C14H24N4O4. The van der Waals surface area contributed by atoms with Gasteiger partial charge in [0.1, 0.15) is 6.04 Å². The highest BCUT2D eigenvalue weighted by atomic mass is 16.2. The van der Waals surface area contributed by atoms with Crippen LogP contribution in [0.4, 0.5) is 4.79 Å². The monoisotopic (exact) mass is 312 g/mol. The second kappa shape index (κ2) is 8.35. The Morgan fingerprint density at radius 1 is 1.27 bits per heavy atom. The van der Waals surface area contributed by atoms with Gasteiger partial charge < -0.3 is 16.0 Å². The fourth-order valence-corrected chi connectivity index (χ4v) is 1.93. The maximum atomic E-state index is 11.8. The third kappa shape index (κ3) is 5.71. The van der Waals surface area contributed by atoms with Crippen LogP contribution in [0.15, 0.2) is 0 Å². The fourth-order valence-electron chi connectivity index (χ4n) is 1.93. The van der Waals surface area contributed by atoms with Crippen molar-refractivity contribution in [1.29, 1.82) is 0 Å². The molecule has 0 bridgehead atoms. The Morgan fingerprint density at radius 2 is 1.95 bits per heavy atom. The molecule has 0 aromatic carbocycles. The SMILES string of the molecule is CC(C)CCC(=O)NCCC(=O)N[C@@H]1CNC(=O)N(C)C1=O. The molecule has 0 spiro atoms. The Kier molecular flexibility index (Phi) is 6.81. The first-order chi connectivity index (χ1) is 10.3. The average Bonchev–Trinajstić information content (AvgIpc) is 2.46. The van der Waals surface area contributed by atoms with E-state index in [0.717, 1.165) is 11.3 Å². The number of hydrogen-bond acceptors (Lipinski definition) is 4. The smallest absolute Gasteiger partial charge is 0.323 e. The first-order valence-electron chi connectivity index (χ1n) is 7.42. The van der Waals surface area contributed by atoms with E-state index in [0.29, 0.717) is 12.3 Å². The van der Waals surface area contributed by atoms with E-state index in [-0.39, 0.29) is 31.3 Å². The number of nitrogens with one attached hydrogen (secondary N) is 3. The molecule has 0 aliphatic carbocycles. The predicted octanol–water partition coefficient (Wildman–Crippen LogP) is -0.405. The standard InChI is InChI=1S/C14H24N4O4/c1-9(2)4-5-11(19)15-7-6-12(20)17-10-8-16-14(22)18(3)13(10)21/h9-10H,4-8H2,1-3H3,(H,15,19)(H,16,22)(H,17,20)/t10-/m1/s1. The van der Waals surface area contributed by atoms with Crippen LogP contribution >= 0.6 is 0 Å². The number of imide groups is 1. The lowest BCUT2D eigenvalue weighted by molar-refractivity contribution is -0.134. The molecule has 8 heteroatoms. The number of hydrogen-bond donors (Lipinski definition) is 3. The Labute approximate surface area is 130 Å². The van der Waals surface area contributed by atoms with Gasteiger partial charge >= 0.3 is 6.03 Å². The van der Waals surface area contributed by atoms with Crippen molar-refractivity contribution in [2.45, 2.75) is 39.2 Å². The van der Waals surface area contributed by atoms with Gasteiger partial charge in [0, 0.05) is 33.0 Å². The second-order valence-corrected chi connectivity index (χ2v) is 5.74. The van der Waals surface area contributed by atoms with Crippen molar-refractivity contribution >= 4 is 23.8 Å². The van der Waals surface area contributed by atoms with Crippen molar-refractivity contribution in [3.8, 4) is 0 Å². The molecule has 0 aromatic heterocycles. The van der Waals surface area contributed by atoms with Crippen molar-refractivity contribution < 1.29 is 19.2 Å². The first kappa shape index (κ1) is 17.9. The molecule has 0 radical (unpaired) electrons. The quantitative estimate of drug-likeness (QED) is 0.594. The van der Waals surface area contributed by atoms with E-state index in [1.54, 1.807) is 0 Å². The van der Waals surface area contributed by atoms with Gasteiger partial charge in [-0.2, -0.15) is 0 Å². The van der Waals surface area contributed by atoms with E-state index in [1.165, 1.54) is 7.05 Å². The number of carbonyl (C=O) groups excluding carboxylic acids is 4. The molecule has 1 rings (SSSR count). The van der Waals surface area contributed by atoms with Gasteiger partial charge in [0.25, 0.3) is 5.91 Å². The molecule has 1 aliphatic heterocycles. The average molecular weight is 312 g/mol. The first-order valence-corrected chi connectivity index (χ1v) is 7.42. The summed E-state index contributed by atoms with van der Waals surface area (Å²) in [6.07, 6.45) is 1.34. The van der Waals surface area contributed by atoms with Gasteiger partial charge in [-0.15, -0.1) is 0 Å². The van der Waals surface area contributed by atoms with Crippen molar-refractivity contribution in [2.24, 2.45) is 5.92 Å². The van der Waals surface area contributed by atoms with Crippen molar-refractivity contribution in [1.82, 2.24) is 20.9 Å². The van der Waals surface area contributed by atoms with Crippen LogP contribution in [-0.4, -0.2) is 54.8 Å². The lowest BCUT2D eigenvalue weighted by Crippen LogP contribution is -2.61. The molecule has 1 fully saturated rings. The molecule has 8 nitrogen and oxygen atoms in total. The summed E-state index contributed by atoms with van der Waals surface area (Å²) < 4.78 is 0. The fraction of sp³-hybridized carbons (Fsp3) is 0.714. The van der Waals surface area contributed by atoms with Crippen LogP contribution in [0.1, 0.15) is 33.1 Å². The number of nitrogens with zero attached hydrogens (tertiary/aromatic N) is 1. The third-order valence-corrected chi connectivity index (χ3v) is 3.35.